The van der Waals surface area contributed by atoms with Gasteiger partial charge in [0.15, 0.2) is 5.82 Å². The minimum absolute atomic E-state index is 0.0999. The first-order valence-corrected chi connectivity index (χ1v) is 11.2. The van der Waals surface area contributed by atoms with Gasteiger partial charge in [-0.25, -0.2) is 14.4 Å². The van der Waals surface area contributed by atoms with Crippen LogP contribution < -0.4 is 16.2 Å². The highest BCUT2D eigenvalue weighted by Crippen LogP contribution is 2.48. The maximum Gasteiger partial charge on any atom is 0.293 e. The number of anilines is 1. The van der Waals surface area contributed by atoms with Gasteiger partial charge in [-0.15, -0.1) is 0 Å². The molecule has 2 aromatic carbocycles. The van der Waals surface area contributed by atoms with E-state index in [1.807, 2.05) is 18.2 Å². The number of aromatic nitrogens is 4. The number of halogens is 1. The highest BCUT2D eigenvalue weighted by atomic mass is 19.1. The Hall–Kier alpha value is -4.01. The predicted octanol–water partition coefficient (Wildman–Crippen LogP) is 3.03. The summed E-state index contributed by atoms with van der Waals surface area (Å²) >= 11 is 0. The maximum atomic E-state index is 13.3. The molecule has 4 aromatic rings. The van der Waals surface area contributed by atoms with Gasteiger partial charge in [-0.2, -0.15) is 0 Å². The second-order valence-corrected chi connectivity index (χ2v) is 8.81. The van der Waals surface area contributed by atoms with Gasteiger partial charge in [-0.05, 0) is 55.2 Å². The van der Waals surface area contributed by atoms with Crippen LogP contribution in [-0.2, 0) is 23.3 Å². The van der Waals surface area contributed by atoms with Gasteiger partial charge in [0.2, 0.25) is 5.91 Å². The Balaban J connectivity index is 1.24. The molecule has 174 valence electrons. The van der Waals surface area contributed by atoms with E-state index >= 15 is 0 Å². The molecule has 34 heavy (non-hydrogen) atoms. The number of nitrogens with one attached hydrogen (secondary N) is 3. The largest absolute Gasteiger partial charge is 0.365 e. The molecule has 0 aliphatic heterocycles. The van der Waals surface area contributed by atoms with Crippen molar-refractivity contribution in [3.8, 4) is 0 Å². The Morgan fingerprint density at radius 1 is 1.18 bits per heavy atom. The van der Waals surface area contributed by atoms with Crippen molar-refractivity contribution in [1.29, 1.82) is 0 Å². The fraction of sp³-hybridized carbons (Fsp3) is 0.280. The summed E-state index contributed by atoms with van der Waals surface area (Å²) in [4.78, 5) is 37.1. The monoisotopic (exact) mass is 460 g/mol. The van der Waals surface area contributed by atoms with E-state index in [9.17, 15) is 14.0 Å². The van der Waals surface area contributed by atoms with E-state index in [0.717, 1.165) is 35.0 Å². The van der Waals surface area contributed by atoms with E-state index < -0.39 is 0 Å². The standard InChI is InChI=1S/C25H25FN6O2/c1-16-11-28-23(29-14-25(8-9-25)18-3-5-19(26)6-4-18)24(34)32(16)13-22(33)27-12-17-2-7-20-21(10-17)31-15-30-20/h2-7,10-11,15H,8-9,12-14H2,1H3,(H,27,33)(H,28,29)(H,30,31). The number of fused-ring (bicyclic) bond motifs is 1. The second-order valence-electron chi connectivity index (χ2n) is 8.81. The molecule has 8 nitrogen and oxygen atoms in total. The molecule has 0 atom stereocenters. The van der Waals surface area contributed by atoms with Crippen molar-refractivity contribution in [2.45, 2.75) is 38.3 Å². The molecule has 1 aliphatic carbocycles. The number of aryl methyl sites for hydroxylation is 1. The molecule has 2 heterocycles. The average molecular weight is 461 g/mol. The Labute approximate surface area is 195 Å². The summed E-state index contributed by atoms with van der Waals surface area (Å²) in [5.41, 5.74) is 3.88. The predicted molar refractivity (Wildman–Crippen MR) is 127 cm³/mol. The molecule has 0 unspecified atom stereocenters. The zero-order valence-electron chi connectivity index (χ0n) is 18.8. The molecule has 5 rings (SSSR count). The van der Waals surface area contributed by atoms with Gasteiger partial charge >= 0.3 is 0 Å². The van der Waals surface area contributed by atoms with Crippen LogP contribution in [0.25, 0.3) is 11.0 Å². The van der Waals surface area contributed by atoms with Crippen molar-refractivity contribution < 1.29 is 9.18 Å². The van der Waals surface area contributed by atoms with Crippen molar-refractivity contribution in [3.05, 3.63) is 88.0 Å². The van der Waals surface area contributed by atoms with Gasteiger partial charge in [0.05, 0.1) is 17.4 Å². The minimum atomic E-state index is -0.344. The molecule has 1 saturated carbocycles. The van der Waals surface area contributed by atoms with E-state index in [1.54, 1.807) is 31.6 Å². The highest BCUT2D eigenvalue weighted by molar-refractivity contribution is 5.77. The summed E-state index contributed by atoms with van der Waals surface area (Å²) in [7, 11) is 0. The lowest BCUT2D eigenvalue weighted by molar-refractivity contribution is -0.121. The van der Waals surface area contributed by atoms with E-state index in [0.29, 0.717) is 18.8 Å². The Kier molecular flexibility index (Phi) is 5.61. The molecule has 0 radical (unpaired) electrons. The zero-order chi connectivity index (χ0) is 23.7. The topological polar surface area (TPSA) is 105 Å². The Morgan fingerprint density at radius 3 is 2.74 bits per heavy atom. The van der Waals surface area contributed by atoms with Crippen LogP contribution in [0.15, 0.2) is 59.8 Å². The number of aromatic amines is 1. The van der Waals surface area contributed by atoms with Crippen LogP contribution in [0.3, 0.4) is 0 Å². The van der Waals surface area contributed by atoms with E-state index in [-0.39, 0.29) is 35.1 Å². The summed E-state index contributed by atoms with van der Waals surface area (Å²) in [5.74, 6) is -0.329. The molecule has 2 aromatic heterocycles. The summed E-state index contributed by atoms with van der Waals surface area (Å²) < 4.78 is 14.7. The second kappa shape index (κ2) is 8.74. The van der Waals surface area contributed by atoms with Crippen molar-refractivity contribution in [1.82, 2.24) is 24.8 Å². The number of H-pyrrole nitrogens is 1. The molecule has 0 spiro atoms. The summed E-state index contributed by atoms with van der Waals surface area (Å²) in [6.45, 7) is 2.51. The number of carbonyl (C=O) groups is 1. The molecule has 1 amide bonds. The van der Waals surface area contributed by atoms with Gasteiger partial charge in [-0.3, -0.25) is 14.2 Å². The molecule has 1 aliphatic rings. The van der Waals surface area contributed by atoms with Crippen molar-refractivity contribution >= 4 is 22.8 Å². The normalized spacial score (nSPS) is 14.2. The lowest BCUT2D eigenvalue weighted by atomic mass is 9.96. The number of hydrogen-bond acceptors (Lipinski definition) is 5. The van der Waals surface area contributed by atoms with E-state index in [1.165, 1.54) is 16.7 Å². The maximum absolute atomic E-state index is 13.3. The Bertz CT molecular complexity index is 1410. The Morgan fingerprint density at radius 2 is 1.97 bits per heavy atom. The molecule has 0 bridgehead atoms. The third kappa shape index (κ3) is 4.41. The van der Waals surface area contributed by atoms with Gasteiger partial charge in [0.25, 0.3) is 5.56 Å². The molecule has 0 saturated heterocycles. The number of benzene rings is 2. The number of rotatable bonds is 8. The molecular weight excluding hydrogens is 435 g/mol. The van der Waals surface area contributed by atoms with E-state index in [4.69, 9.17) is 0 Å². The fourth-order valence-corrected chi connectivity index (χ4v) is 4.16. The zero-order valence-corrected chi connectivity index (χ0v) is 18.8. The number of nitrogens with zero attached hydrogens (tertiary/aromatic N) is 3. The van der Waals surface area contributed by atoms with Crippen LogP contribution >= 0.6 is 0 Å². The smallest absolute Gasteiger partial charge is 0.293 e. The van der Waals surface area contributed by atoms with Crippen LogP contribution in [0.4, 0.5) is 10.2 Å². The van der Waals surface area contributed by atoms with Crippen LogP contribution in [0.2, 0.25) is 0 Å². The average Bonchev–Trinajstić information content (AvgIpc) is 3.48. The van der Waals surface area contributed by atoms with Crippen molar-refractivity contribution in [3.63, 3.8) is 0 Å². The lowest BCUT2D eigenvalue weighted by Crippen LogP contribution is -2.35. The van der Waals surface area contributed by atoms with Crippen LogP contribution in [0.1, 0.15) is 29.7 Å². The quantitative estimate of drug-likeness (QED) is 0.375. The number of carbonyl (C=O) groups excluding carboxylic acids is 1. The SMILES string of the molecule is Cc1cnc(NCC2(c3ccc(F)cc3)CC2)c(=O)n1CC(=O)NCc1ccc2nc[nH]c2c1. The number of hydrogen-bond donors (Lipinski definition) is 3. The van der Waals surface area contributed by atoms with Crippen LogP contribution in [0.5, 0.6) is 0 Å². The fourth-order valence-electron chi connectivity index (χ4n) is 4.16. The van der Waals surface area contributed by atoms with Gasteiger partial charge in [0, 0.05) is 30.4 Å². The van der Waals surface area contributed by atoms with Gasteiger partial charge in [0.1, 0.15) is 12.4 Å². The first-order valence-electron chi connectivity index (χ1n) is 11.2. The number of amides is 1. The molecule has 9 heteroatoms. The van der Waals surface area contributed by atoms with Crippen LogP contribution in [0, 0.1) is 12.7 Å². The third-order valence-electron chi connectivity index (χ3n) is 6.43. The molecule has 1 fully saturated rings. The van der Waals surface area contributed by atoms with Gasteiger partial charge in [-0.1, -0.05) is 18.2 Å². The minimum Gasteiger partial charge on any atom is -0.365 e. The first kappa shape index (κ1) is 21.8. The first-order chi connectivity index (χ1) is 16.4. The molecule has 3 N–H and O–H groups in total. The van der Waals surface area contributed by atoms with Gasteiger partial charge < -0.3 is 15.6 Å². The van der Waals surface area contributed by atoms with Crippen molar-refractivity contribution in [2.75, 3.05) is 11.9 Å². The highest BCUT2D eigenvalue weighted by Gasteiger charge is 2.44. The summed E-state index contributed by atoms with van der Waals surface area (Å²) in [5, 5.41) is 6.03. The molecular formula is C25H25FN6O2. The van der Waals surface area contributed by atoms with Crippen LogP contribution in [-0.4, -0.2) is 32.0 Å². The number of imidazole rings is 1. The summed E-state index contributed by atoms with van der Waals surface area (Å²) in [6, 6.07) is 12.2. The summed E-state index contributed by atoms with van der Waals surface area (Å²) in [6.07, 6.45) is 5.12. The van der Waals surface area contributed by atoms with E-state index in [2.05, 4.69) is 25.6 Å². The van der Waals surface area contributed by atoms with Crippen molar-refractivity contribution in [2.24, 2.45) is 0 Å². The lowest BCUT2D eigenvalue weighted by Gasteiger charge is -2.18. The third-order valence-corrected chi connectivity index (χ3v) is 6.43.